The van der Waals surface area contributed by atoms with Crippen molar-refractivity contribution in [2.24, 2.45) is 0 Å². The molecule has 0 aliphatic carbocycles. The number of hydrogen-bond donors (Lipinski definition) is 3. The number of nitrogens with one attached hydrogen (secondary N) is 2. The van der Waals surface area contributed by atoms with E-state index >= 15 is 0 Å². The highest BCUT2D eigenvalue weighted by Crippen LogP contribution is 2.22. The van der Waals surface area contributed by atoms with Crippen LogP contribution in [0.5, 0.6) is 5.75 Å². The second kappa shape index (κ2) is 8.36. The highest BCUT2D eigenvalue weighted by molar-refractivity contribution is 5.67. The number of hydrogen-bond acceptors (Lipinski definition) is 5. The third-order valence-corrected chi connectivity index (χ3v) is 2.52. The molecule has 4 N–H and O–H groups in total. The highest BCUT2D eigenvalue weighted by atomic mass is 16.6. The fourth-order valence-electron chi connectivity index (χ4n) is 1.71. The summed E-state index contributed by atoms with van der Waals surface area (Å²) in [4.78, 5) is 11.5. The summed E-state index contributed by atoms with van der Waals surface area (Å²) in [7, 11) is 0. The number of nitrogens with two attached hydrogens (primary N) is 1. The lowest BCUT2D eigenvalue weighted by atomic mass is 10.2. The molecule has 1 aromatic rings. The molecule has 0 aliphatic rings. The molecule has 0 saturated heterocycles. The van der Waals surface area contributed by atoms with Gasteiger partial charge in [-0.1, -0.05) is 6.92 Å². The fraction of sp³-hybridized carbons (Fsp3) is 0.562. The molecule has 0 aliphatic heterocycles. The van der Waals surface area contributed by atoms with Gasteiger partial charge in [-0.2, -0.15) is 0 Å². The first-order valence-electron chi connectivity index (χ1n) is 7.54. The fourth-order valence-corrected chi connectivity index (χ4v) is 1.71. The van der Waals surface area contributed by atoms with Gasteiger partial charge in [-0.15, -0.1) is 0 Å². The zero-order valence-electron chi connectivity index (χ0n) is 13.9. The highest BCUT2D eigenvalue weighted by Gasteiger charge is 2.15. The summed E-state index contributed by atoms with van der Waals surface area (Å²) in [5.41, 5.74) is 6.85. The lowest BCUT2D eigenvalue weighted by Crippen LogP contribution is -2.35. The van der Waals surface area contributed by atoms with Crippen molar-refractivity contribution in [1.29, 1.82) is 0 Å². The SMILES string of the molecule is CCCOc1cc(N)cc(NCCNC(=O)OC(C)(C)C)c1. The average molecular weight is 309 g/mol. The van der Waals surface area contributed by atoms with E-state index in [1.807, 2.05) is 39.8 Å². The van der Waals surface area contributed by atoms with Crippen molar-refractivity contribution < 1.29 is 14.3 Å². The van der Waals surface area contributed by atoms with E-state index in [4.69, 9.17) is 15.2 Å². The first-order chi connectivity index (χ1) is 10.3. The standard InChI is InChI=1S/C16H27N3O3/c1-5-8-21-14-10-12(17)9-13(11-14)18-6-7-19-15(20)22-16(2,3)4/h9-11,18H,5-8,17H2,1-4H3,(H,19,20). The zero-order valence-corrected chi connectivity index (χ0v) is 13.9. The predicted molar refractivity (Wildman–Crippen MR) is 89.4 cm³/mol. The maximum atomic E-state index is 11.5. The number of rotatable bonds is 7. The van der Waals surface area contributed by atoms with E-state index in [1.165, 1.54) is 0 Å². The number of amides is 1. The van der Waals surface area contributed by atoms with E-state index < -0.39 is 11.7 Å². The van der Waals surface area contributed by atoms with E-state index in [2.05, 4.69) is 10.6 Å². The molecule has 0 aromatic heterocycles. The number of alkyl carbamates (subject to hydrolysis) is 1. The second-order valence-electron chi connectivity index (χ2n) is 5.99. The Bertz CT molecular complexity index is 484. The van der Waals surface area contributed by atoms with Crippen molar-refractivity contribution in [3.63, 3.8) is 0 Å². The lowest BCUT2D eigenvalue weighted by molar-refractivity contribution is 0.0530. The molecule has 0 fully saturated rings. The van der Waals surface area contributed by atoms with Gasteiger partial charge in [0.15, 0.2) is 0 Å². The smallest absolute Gasteiger partial charge is 0.407 e. The number of ether oxygens (including phenoxy) is 2. The summed E-state index contributed by atoms with van der Waals surface area (Å²) < 4.78 is 10.7. The maximum absolute atomic E-state index is 11.5. The quantitative estimate of drug-likeness (QED) is 0.532. The molecule has 0 radical (unpaired) electrons. The minimum atomic E-state index is -0.489. The Kier molecular flexibility index (Phi) is 6.82. The Morgan fingerprint density at radius 2 is 1.95 bits per heavy atom. The monoisotopic (exact) mass is 309 g/mol. The number of carbonyl (C=O) groups is 1. The molecule has 6 heteroatoms. The van der Waals surface area contributed by atoms with E-state index in [0.29, 0.717) is 25.4 Å². The first-order valence-corrected chi connectivity index (χ1v) is 7.54. The van der Waals surface area contributed by atoms with Crippen molar-refractivity contribution in [3.8, 4) is 5.75 Å². The van der Waals surface area contributed by atoms with Gasteiger partial charge in [0, 0.05) is 36.6 Å². The average Bonchev–Trinajstić information content (AvgIpc) is 2.39. The molecule has 1 aromatic carbocycles. The van der Waals surface area contributed by atoms with Gasteiger partial charge in [-0.3, -0.25) is 0 Å². The third kappa shape index (κ3) is 7.61. The summed E-state index contributed by atoms with van der Waals surface area (Å²) in [6.07, 6.45) is 0.519. The molecule has 0 unspecified atom stereocenters. The number of nitrogen functional groups attached to an aromatic ring is 1. The van der Waals surface area contributed by atoms with Gasteiger partial charge in [0.05, 0.1) is 6.61 Å². The zero-order chi connectivity index (χ0) is 16.6. The van der Waals surface area contributed by atoms with E-state index in [-0.39, 0.29) is 0 Å². The van der Waals surface area contributed by atoms with Crippen LogP contribution < -0.4 is 21.1 Å². The van der Waals surface area contributed by atoms with Crippen LogP contribution in [0.1, 0.15) is 34.1 Å². The van der Waals surface area contributed by atoms with Crippen LogP contribution in [0.15, 0.2) is 18.2 Å². The van der Waals surface area contributed by atoms with Crippen LogP contribution in [0.4, 0.5) is 16.2 Å². The normalized spacial score (nSPS) is 10.9. The molecule has 0 atom stereocenters. The van der Waals surface area contributed by atoms with Gasteiger partial charge < -0.3 is 25.8 Å². The van der Waals surface area contributed by atoms with Crippen LogP contribution in [-0.2, 0) is 4.74 Å². The minimum absolute atomic E-state index is 0.422. The van der Waals surface area contributed by atoms with Crippen LogP contribution >= 0.6 is 0 Å². The van der Waals surface area contributed by atoms with Crippen molar-refractivity contribution >= 4 is 17.5 Å². The van der Waals surface area contributed by atoms with Gasteiger partial charge >= 0.3 is 6.09 Å². The van der Waals surface area contributed by atoms with Crippen LogP contribution in [-0.4, -0.2) is 31.4 Å². The maximum Gasteiger partial charge on any atom is 0.407 e. The summed E-state index contributed by atoms with van der Waals surface area (Å²) in [6.45, 7) is 9.21. The Balaban J connectivity index is 2.38. The van der Waals surface area contributed by atoms with Crippen LogP contribution in [0, 0.1) is 0 Å². The Hall–Kier alpha value is -2.11. The van der Waals surface area contributed by atoms with E-state index in [9.17, 15) is 4.79 Å². The largest absolute Gasteiger partial charge is 0.493 e. The summed E-state index contributed by atoms with van der Waals surface area (Å²) in [5.74, 6) is 0.740. The summed E-state index contributed by atoms with van der Waals surface area (Å²) >= 11 is 0. The molecule has 0 spiro atoms. The van der Waals surface area contributed by atoms with Gasteiger partial charge in [-0.25, -0.2) is 4.79 Å². The predicted octanol–water partition coefficient (Wildman–Crippen LogP) is 2.99. The lowest BCUT2D eigenvalue weighted by Gasteiger charge is -2.19. The van der Waals surface area contributed by atoms with Gasteiger partial charge in [-0.05, 0) is 33.3 Å². The minimum Gasteiger partial charge on any atom is -0.493 e. The van der Waals surface area contributed by atoms with Crippen molar-refractivity contribution in [2.45, 2.75) is 39.7 Å². The summed E-state index contributed by atoms with van der Waals surface area (Å²) in [5, 5.41) is 5.88. The van der Waals surface area contributed by atoms with E-state index in [1.54, 1.807) is 6.07 Å². The molecule has 1 amide bonds. The summed E-state index contributed by atoms with van der Waals surface area (Å²) in [6, 6.07) is 5.51. The Morgan fingerprint density at radius 3 is 2.59 bits per heavy atom. The number of anilines is 2. The molecule has 0 saturated carbocycles. The number of carbonyl (C=O) groups excluding carboxylic acids is 1. The van der Waals surface area contributed by atoms with E-state index in [0.717, 1.165) is 17.9 Å². The Morgan fingerprint density at radius 1 is 1.23 bits per heavy atom. The van der Waals surface area contributed by atoms with Gasteiger partial charge in [0.2, 0.25) is 0 Å². The second-order valence-corrected chi connectivity index (χ2v) is 5.99. The molecule has 0 heterocycles. The number of benzene rings is 1. The molecule has 124 valence electrons. The molecule has 6 nitrogen and oxygen atoms in total. The molecule has 0 bridgehead atoms. The van der Waals surface area contributed by atoms with Crippen LogP contribution in [0.2, 0.25) is 0 Å². The Labute approximate surface area is 132 Å². The van der Waals surface area contributed by atoms with Gasteiger partial charge in [0.25, 0.3) is 0 Å². The van der Waals surface area contributed by atoms with Crippen molar-refractivity contribution in [1.82, 2.24) is 5.32 Å². The van der Waals surface area contributed by atoms with Gasteiger partial charge in [0.1, 0.15) is 11.4 Å². The molecule has 1 rings (SSSR count). The first kappa shape index (κ1) is 17.9. The molecular formula is C16H27N3O3. The third-order valence-electron chi connectivity index (χ3n) is 2.52. The van der Waals surface area contributed by atoms with Crippen molar-refractivity contribution in [3.05, 3.63) is 18.2 Å². The molecular weight excluding hydrogens is 282 g/mol. The topological polar surface area (TPSA) is 85.6 Å². The van der Waals surface area contributed by atoms with Crippen LogP contribution in [0.3, 0.4) is 0 Å². The molecule has 22 heavy (non-hydrogen) atoms. The van der Waals surface area contributed by atoms with Crippen molar-refractivity contribution in [2.75, 3.05) is 30.7 Å². The van der Waals surface area contributed by atoms with Crippen LogP contribution in [0.25, 0.3) is 0 Å².